The molecule has 0 unspecified atom stereocenters. The molecule has 0 rings (SSSR count). The second kappa shape index (κ2) is 2.54. The fourth-order valence-electron chi connectivity index (χ4n) is 0. The van der Waals surface area contributed by atoms with Gasteiger partial charge >= 0.3 is 17.1 Å². The first-order valence-corrected chi connectivity index (χ1v) is 2.21. The molecule has 0 amide bonds. The maximum Gasteiger partial charge on any atom is 2.00 e. The summed E-state index contributed by atoms with van der Waals surface area (Å²) in [6.45, 7) is 0. The molecule has 0 aliphatic carbocycles. The topological polar surface area (TPSA) is 83.2 Å². The van der Waals surface area contributed by atoms with Crippen LogP contribution in [0.2, 0.25) is 0 Å². The zero-order chi connectivity index (χ0) is 4.50. The Morgan fingerprint density at radius 1 is 1.50 bits per heavy atom. The Labute approximate surface area is 46.1 Å². The van der Waals surface area contributed by atoms with Crippen LogP contribution < -0.4 is 5.14 Å². The van der Waals surface area contributed by atoms with Gasteiger partial charge in [0.2, 0.25) is 0 Å². The van der Waals surface area contributed by atoms with E-state index in [4.69, 9.17) is 13.0 Å². The Morgan fingerprint density at radius 2 is 1.50 bits per heavy atom. The predicted molar refractivity (Wildman–Crippen MR) is 13.9 cm³/mol. The van der Waals surface area contributed by atoms with Crippen molar-refractivity contribution in [2.45, 2.75) is 0 Å². The van der Waals surface area contributed by atoms with Crippen molar-refractivity contribution in [1.82, 2.24) is 0 Å². The van der Waals surface area contributed by atoms with Crippen molar-refractivity contribution < 1.29 is 30.0 Å². The van der Waals surface area contributed by atoms with E-state index in [9.17, 15) is 0 Å². The first-order valence-electron chi connectivity index (χ1n) is 0.736. The van der Waals surface area contributed by atoms with E-state index in [1.807, 2.05) is 0 Å². The van der Waals surface area contributed by atoms with Gasteiger partial charge in [0.15, 0.2) is 10.3 Å². The first-order chi connectivity index (χ1) is 2.00. The van der Waals surface area contributed by atoms with E-state index in [2.05, 4.69) is 5.14 Å². The minimum atomic E-state index is -4.42. The molecule has 4 nitrogen and oxygen atoms in total. The Bertz CT molecular complexity index is 94.0. The molecule has 0 atom stereocenters. The maximum atomic E-state index is 8.85. The smallest absolute Gasteiger partial charge is 0.736 e. The minimum Gasteiger partial charge on any atom is -0.736 e. The van der Waals surface area contributed by atoms with Crippen LogP contribution in [-0.2, 0) is 27.4 Å². The Morgan fingerprint density at radius 3 is 1.50 bits per heavy atom. The molecule has 2 N–H and O–H groups in total. The van der Waals surface area contributed by atoms with Gasteiger partial charge in [0, 0.05) is 0 Å². The standard InChI is InChI=1S/Cu.H3NO3S/c;1-5(2,3)4/h;(H3,1,2,3,4)/q+2;/p-1. The predicted octanol–water partition coefficient (Wildman–Crippen LogP) is -1.60. The van der Waals surface area contributed by atoms with Crippen molar-refractivity contribution in [3.63, 3.8) is 0 Å². The molecule has 0 aromatic heterocycles. The first kappa shape index (κ1) is 9.63. The van der Waals surface area contributed by atoms with Gasteiger partial charge < -0.3 is 4.55 Å². The molecular weight excluding hydrogens is 158 g/mol. The second-order valence-corrected chi connectivity index (χ2v) is 1.48. The summed E-state index contributed by atoms with van der Waals surface area (Å²) in [5.41, 5.74) is 0. The number of rotatable bonds is 0. The van der Waals surface area contributed by atoms with Gasteiger partial charge in [-0.25, -0.2) is 13.6 Å². The van der Waals surface area contributed by atoms with Crippen molar-refractivity contribution in [2.24, 2.45) is 5.14 Å². The van der Waals surface area contributed by atoms with Gasteiger partial charge in [0.25, 0.3) is 0 Å². The van der Waals surface area contributed by atoms with Crippen LogP contribution in [0, 0.1) is 0 Å². The third kappa shape index (κ3) is 332. The summed E-state index contributed by atoms with van der Waals surface area (Å²) in [6.07, 6.45) is 0. The molecule has 0 saturated carbocycles. The van der Waals surface area contributed by atoms with Crippen LogP contribution in [0.4, 0.5) is 0 Å². The van der Waals surface area contributed by atoms with E-state index in [1.54, 1.807) is 0 Å². The number of hydrogen-bond donors (Lipinski definition) is 1. The summed E-state index contributed by atoms with van der Waals surface area (Å²) in [4.78, 5) is 0. The summed E-state index contributed by atoms with van der Waals surface area (Å²) in [5.74, 6) is 0. The van der Waals surface area contributed by atoms with Crippen LogP contribution in [0.3, 0.4) is 0 Å². The molecule has 0 spiro atoms. The van der Waals surface area contributed by atoms with Crippen LogP contribution >= 0.6 is 0 Å². The van der Waals surface area contributed by atoms with Crippen LogP contribution in [0.15, 0.2) is 0 Å². The van der Waals surface area contributed by atoms with Crippen molar-refractivity contribution in [3.05, 3.63) is 0 Å². The minimum absolute atomic E-state index is 0. The van der Waals surface area contributed by atoms with Gasteiger partial charge in [-0.2, -0.15) is 0 Å². The molecule has 1 radical (unpaired) electrons. The summed E-state index contributed by atoms with van der Waals surface area (Å²) in [5, 5.41) is 3.77. The van der Waals surface area contributed by atoms with Gasteiger partial charge in [-0.05, 0) is 0 Å². The SMILES string of the molecule is NS(=O)(=O)[O-].[Cu+2]. The van der Waals surface area contributed by atoms with E-state index in [0.717, 1.165) is 0 Å². The molecule has 6 heavy (non-hydrogen) atoms. The molecule has 0 saturated heterocycles. The van der Waals surface area contributed by atoms with Crippen molar-refractivity contribution >= 4 is 10.3 Å². The molecule has 0 aliphatic heterocycles. The van der Waals surface area contributed by atoms with Crippen molar-refractivity contribution in [2.75, 3.05) is 0 Å². The monoisotopic (exact) mass is 159 g/mol. The summed E-state index contributed by atoms with van der Waals surface area (Å²) >= 11 is 0. The quantitative estimate of drug-likeness (QED) is 0.342. The summed E-state index contributed by atoms with van der Waals surface area (Å²) in [7, 11) is -4.42. The molecule has 0 bridgehead atoms. The van der Waals surface area contributed by atoms with E-state index in [-0.39, 0.29) is 17.1 Å². The van der Waals surface area contributed by atoms with Gasteiger partial charge in [-0.15, -0.1) is 0 Å². The molecule has 0 aromatic carbocycles. The molecular formula is H2CuNO3S+. The fourth-order valence-corrected chi connectivity index (χ4v) is 0. The second-order valence-electron chi connectivity index (χ2n) is 0.493. The van der Waals surface area contributed by atoms with Crippen LogP contribution in [0.1, 0.15) is 0 Å². The average Bonchev–Trinajstić information content (AvgIpc) is 0.722. The molecule has 0 aromatic rings. The molecule has 6 heteroatoms. The van der Waals surface area contributed by atoms with E-state index in [0.29, 0.717) is 0 Å². The normalized spacial score (nSPS) is 9.67. The third-order valence-electron chi connectivity index (χ3n) is 0. The Balaban J connectivity index is 0. The van der Waals surface area contributed by atoms with Gasteiger partial charge in [0.1, 0.15) is 0 Å². The molecule has 0 heterocycles. The molecule has 41 valence electrons. The zero-order valence-electron chi connectivity index (χ0n) is 2.51. The zero-order valence-corrected chi connectivity index (χ0v) is 4.27. The molecule has 0 fully saturated rings. The largest absolute Gasteiger partial charge is 2.00 e. The summed E-state index contributed by atoms with van der Waals surface area (Å²) < 4.78 is 26.6. The fraction of sp³-hybridized carbons (Fsp3) is 0. The van der Waals surface area contributed by atoms with Crippen LogP contribution in [0.5, 0.6) is 0 Å². The van der Waals surface area contributed by atoms with E-state index in [1.165, 1.54) is 0 Å². The maximum absolute atomic E-state index is 8.85. The number of nitrogens with two attached hydrogens (primary N) is 1. The third-order valence-corrected chi connectivity index (χ3v) is 0. The van der Waals surface area contributed by atoms with Gasteiger partial charge in [-0.3, -0.25) is 0 Å². The molecule has 0 aliphatic rings. The van der Waals surface area contributed by atoms with Crippen molar-refractivity contribution in [3.8, 4) is 0 Å². The van der Waals surface area contributed by atoms with Crippen molar-refractivity contribution in [1.29, 1.82) is 0 Å². The van der Waals surface area contributed by atoms with Crippen LogP contribution in [0.25, 0.3) is 0 Å². The van der Waals surface area contributed by atoms with E-state index >= 15 is 0 Å². The average molecular weight is 160 g/mol. The van der Waals surface area contributed by atoms with Crippen LogP contribution in [-0.4, -0.2) is 13.0 Å². The van der Waals surface area contributed by atoms with Gasteiger partial charge in [0.05, 0.1) is 0 Å². The summed E-state index contributed by atoms with van der Waals surface area (Å²) in [6, 6.07) is 0. The Kier molecular flexibility index (Phi) is 4.08. The number of hydrogen-bond acceptors (Lipinski definition) is 3. The van der Waals surface area contributed by atoms with Gasteiger partial charge in [-0.1, -0.05) is 0 Å². The Hall–Kier alpha value is 0.389. The van der Waals surface area contributed by atoms with E-state index < -0.39 is 10.3 Å².